The molecule has 3 heterocycles. The molecule has 0 bridgehead atoms. The highest BCUT2D eigenvalue weighted by atomic mass is 19.1. The van der Waals surface area contributed by atoms with Gasteiger partial charge in [-0.2, -0.15) is 0 Å². The second kappa shape index (κ2) is 8.30. The number of hydrogen-bond acceptors (Lipinski definition) is 4. The molecule has 0 radical (unpaired) electrons. The summed E-state index contributed by atoms with van der Waals surface area (Å²) in [4.78, 5) is 16.3. The number of piperidine rings is 1. The molecule has 0 spiro atoms. The van der Waals surface area contributed by atoms with E-state index in [0.29, 0.717) is 53.0 Å². The Morgan fingerprint density at radius 3 is 2.79 bits per heavy atom. The first-order valence-corrected chi connectivity index (χ1v) is 13.5. The second-order valence-corrected chi connectivity index (χ2v) is 11.2. The third-order valence-corrected chi connectivity index (χ3v) is 8.48. The van der Waals surface area contributed by atoms with Gasteiger partial charge in [-0.25, -0.2) is 14.4 Å². The molecule has 1 saturated heterocycles. The van der Waals surface area contributed by atoms with E-state index in [1.807, 2.05) is 12.1 Å². The highest BCUT2D eigenvalue weighted by Gasteiger charge is 2.47. The number of aromatic nitrogens is 4. The summed E-state index contributed by atoms with van der Waals surface area (Å²) in [6, 6.07) is 11.0. The molecule has 8 rings (SSSR count). The zero-order chi connectivity index (χ0) is 25.4. The standard InChI is InChI=1S/C31H27FN6/c1-2-18-12-24(18)33-15-28-35-26-11-17(10-22(32)30(26)37-28)4-3-16-5-7-21-19(9-16)6-8-23-29(21)38-31(36-23)27-14-20-13-25(20)34-27/h1,5,7,9-11,18,20,24-25,27,33-34H,6,8,12-15H2,(H,35,37)(H,36,38). The molecular formula is C31H27FN6. The fourth-order valence-corrected chi connectivity index (χ4v) is 6.16. The first-order chi connectivity index (χ1) is 18.6. The molecule has 4 N–H and O–H groups in total. The molecule has 7 heteroatoms. The SMILES string of the molecule is C#CC1CC1NCc1nc2c(F)cc(C#Cc3ccc4c(c3)CCc3[nH]c(C5CC6CC6N5)nc3-4)cc2[nH]1. The van der Waals surface area contributed by atoms with Crippen LogP contribution in [-0.4, -0.2) is 32.0 Å². The molecule has 2 aromatic heterocycles. The van der Waals surface area contributed by atoms with Crippen molar-refractivity contribution in [3.05, 3.63) is 70.2 Å². The maximum atomic E-state index is 14.8. The Kier molecular flexibility index (Phi) is 4.83. The molecule has 2 aromatic carbocycles. The summed E-state index contributed by atoms with van der Waals surface area (Å²) >= 11 is 0. The Hall–Kier alpha value is -3.91. The fourth-order valence-electron chi connectivity index (χ4n) is 6.16. The van der Waals surface area contributed by atoms with Crippen molar-refractivity contribution in [1.29, 1.82) is 0 Å². The summed E-state index contributed by atoms with van der Waals surface area (Å²) in [5.74, 6) is 11.7. The number of benzene rings is 2. The van der Waals surface area contributed by atoms with Crippen molar-refractivity contribution in [3.8, 4) is 35.4 Å². The van der Waals surface area contributed by atoms with Crippen molar-refractivity contribution in [2.45, 2.75) is 56.8 Å². The van der Waals surface area contributed by atoms with E-state index in [2.05, 4.69) is 55.5 Å². The van der Waals surface area contributed by atoms with Crippen LogP contribution >= 0.6 is 0 Å². The van der Waals surface area contributed by atoms with E-state index < -0.39 is 0 Å². The summed E-state index contributed by atoms with van der Waals surface area (Å²) in [5.41, 5.74) is 7.29. The predicted octanol–water partition coefficient (Wildman–Crippen LogP) is 4.12. The summed E-state index contributed by atoms with van der Waals surface area (Å²) < 4.78 is 14.8. The predicted molar refractivity (Wildman–Crippen MR) is 143 cm³/mol. The fraction of sp³-hybridized carbons (Fsp3) is 0.355. The van der Waals surface area contributed by atoms with Gasteiger partial charge in [-0.15, -0.1) is 12.3 Å². The molecule has 2 saturated carbocycles. The highest BCUT2D eigenvalue weighted by Crippen LogP contribution is 2.46. The minimum Gasteiger partial charge on any atom is -0.344 e. The normalized spacial score (nSPS) is 26.2. The monoisotopic (exact) mass is 502 g/mol. The van der Waals surface area contributed by atoms with Crippen molar-refractivity contribution in [2.24, 2.45) is 11.8 Å². The van der Waals surface area contributed by atoms with Crippen LogP contribution in [0.4, 0.5) is 4.39 Å². The van der Waals surface area contributed by atoms with Gasteiger partial charge in [0.25, 0.3) is 0 Å². The van der Waals surface area contributed by atoms with Gasteiger partial charge in [0.05, 0.1) is 23.8 Å². The van der Waals surface area contributed by atoms with Crippen LogP contribution in [0, 0.1) is 41.8 Å². The van der Waals surface area contributed by atoms with Gasteiger partial charge >= 0.3 is 0 Å². The zero-order valence-electron chi connectivity index (χ0n) is 20.9. The van der Waals surface area contributed by atoms with Gasteiger partial charge < -0.3 is 20.6 Å². The largest absolute Gasteiger partial charge is 0.344 e. The molecule has 4 aliphatic rings. The van der Waals surface area contributed by atoms with Crippen LogP contribution in [0.5, 0.6) is 0 Å². The van der Waals surface area contributed by atoms with Crippen LogP contribution in [0.1, 0.15) is 59.3 Å². The average molecular weight is 503 g/mol. The molecular weight excluding hydrogens is 475 g/mol. The van der Waals surface area contributed by atoms with Crippen LogP contribution in [0.15, 0.2) is 30.3 Å². The lowest BCUT2D eigenvalue weighted by molar-refractivity contribution is 0.542. The van der Waals surface area contributed by atoms with Gasteiger partial charge in [-0.3, -0.25) is 0 Å². The second-order valence-electron chi connectivity index (χ2n) is 11.2. The molecule has 5 atom stereocenters. The van der Waals surface area contributed by atoms with Crippen LogP contribution in [0.3, 0.4) is 0 Å². The van der Waals surface area contributed by atoms with Gasteiger partial charge in [0.2, 0.25) is 0 Å². The number of hydrogen-bond donors (Lipinski definition) is 4. The van der Waals surface area contributed by atoms with Gasteiger partial charge in [-0.1, -0.05) is 17.9 Å². The number of rotatable bonds is 4. The Morgan fingerprint density at radius 2 is 1.95 bits per heavy atom. The number of nitrogens with one attached hydrogen (secondary N) is 4. The third kappa shape index (κ3) is 3.82. The molecule has 0 amide bonds. The smallest absolute Gasteiger partial charge is 0.152 e. The van der Waals surface area contributed by atoms with Crippen LogP contribution in [0.2, 0.25) is 0 Å². The lowest BCUT2D eigenvalue weighted by Gasteiger charge is -2.15. The molecule has 6 nitrogen and oxygen atoms in total. The Labute approximate surface area is 220 Å². The number of aryl methyl sites for hydroxylation is 2. The molecule has 5 unspecified atom stereocenters. The summed E-state index contributed by atoms with van der Waals surface area (Å²) in [5, 5.41) is 7.07. The number of fused-ring (bicyclic) bond motifs is 5. The maximum Gasteiger partial charge on any atom is 0.152 e. The lowest BCUT2D eigenvalue weighted by atomic mass is 9.91. The molecule has 188 valence electrons. The summed E-state index contributed by atoms with van der Waals surface area (Å²) in [6.45, 7) is 0.532. The van der Waals surface area contributed by atoms with Crippen molar-refractivity contribution in [2.75, 3.05) is 0 Å². The number of halogens is 1. The van der Waals surface area contributed by atoms with Crippen LogP contribution in [0.25, 0.3) is 22.3 Å². The van der Waals surface area contributed by atoms with E-state index in [-0.39, 0.29) is 5.82 Å². The average Bonchev–Trinajstić information content (AvgIpc) is 3.66. The van der Waals surface area contributed by atoms with E-state index in [9.17, 15) is 4.39 Å². The minimum absolute atomic E-state index is 0.292. The highest BCUT2D eigenvalue weighted by molar-refractivity contribution is 5.78. The lowest BCUT2D eigenvalue weighted by Crippen LogP contribution is -2.18. The van der Waals surface area contributed by atoms with Gasteiger partial charge in [0, 0.05) is 40.4 Å². The van der Waals surface area contributed by atoms with Crippen LogP contribution in [-0.2, 0) is 19.4 Å². The van der Waals surface area contributed by atoms with E-state index in [1.54, 1.807) is 0 Å². The van der Waals surface area contributed by atoms with Gasteiger partial charge in [-0.05, 0) is 67.9 Å². The first kappa shape index (κ1) is 22.1. The number of imidazole rings is 2. The molecule has 1 aliphatic heterocycles. The quantitative estimate of drug-likeness (QED) is 0.317. The van der Waals surface area contributed by atoms with Crippen molar-refractivity contribution < 1.29 is 4.39 Å². The van der Waals surface area contributed by atoms with E-state index in [1.165, 1.54) is 35.7 Å². The topological polar surface area (TPSA) is 81.4 Å². The number of H-pyrrole nitrogens is 2. The first-order valence-electron chi connectivity index (χ1n) is 13.5. The van der Waals surface area contributed by atoms with E-state index >= 15 is 0 Å². The van der Waals surface area contributed by atoms with Crippen molar-refractivity contribution >= 4 is 11.0 Å². The Balaban J connectivity index is 1.02. The van der Waals surface area contributed by atoms with Gasteiger partial charge in [0.15, 0.2) is 5.82 Å². The van der Waals surface area contributed by atoms with Gasteiger partial charge in [0.1, 0.15) is 17.2 Å². The Bertz CT molecular complexity index is 1700. The number of nitrogens with zero attached hydrogens (tertiary/aromatic N) is 2. The van der Waals surface area contributed by atoms with Crippen LogP contribution < -0.4 is 10.6 Å². The molecule has 4 aromatic rings. The van der Waals surface area contributed by atoms with Crippen molar-refractivity contribution in [3.63, 3.8) is 0 Å². The summed E-state index contributed by atoms with van der Waals surface area (Å²) in [7, 11) is 0. The maximum absolute atomic E-state index is 14.8. The third-order valence-electron chi connectivity index (χ3n) is 8.48. The van der Waals surface area contributed by atoms with Crippen molar-refractivity contribution in [1.82, 2.24) is 30.6 Å². The zero-order valence-corrected chi connectivity index (χ0v) is 20.9. The Morgan fingerprint density at radius 1 is 1.03 bits per heavy atom. The van der Waals surface area contributed by atoms with E-state index in [4.69, 9.17) is 11.4 Å². The summed E-state index contributed by atoms with van der Waals surface area (Å²) in [6.07, 6.45) is 10.9. The molecule has 3 aliphatic carbocycles. The van der Waals surface area contributed by atoms with E-state index in [0.717, 1.165) is 42.3 Å². The number of aromatic amines is 2. The molecule has 3 fully saturated rings. The number of terminal acetylenes is 1. The molecule has 38 heavy (non-hydrogen) atoms. The minimum atomic E-state index is -0.372.